The van der Waals surface area contributed by atoms with Crippen molar-refractivity contribution in [2.75, 3.05) is 5.32 Å². The predicted octanol–water partition coefficient (Wildman–Crippen LogP) is 3.35. The van der Waals surface area contributed by atoms with Crippen LogP contribution in [0.2, 0.25) is 0 Å². The van der Waals surface area contributed by atoms with Crippen molar-refractivity contribution < 1.29 is 19.1 Å². The lowest BCUT2D eigenvalue weighted by molar-refractivity contribution is 0.0696. The normalized spacial score (nSPS) is 10.4. The van der Waals surface area contributed by atoms with Crippen LogP contribution in [-0.4, -0.2) is 17.0 Å². The van der Waals surface area contributed by atoms with Crippen molar-refractivity contribution in [2.45, 2.75) is 26.7 Å². The van der Waals surface area contributed by atoms with Crippen LogP contribution in [0.5, 0.6) is 0 Å². The number of aryl methyl sites for hydroxylation is 2. The number of furan rings is 1. The summed E-state index contributed by atoms with van der Waals surface area (Å²) in [7, 11) is 0. The Bertz CT molecular complexity index is 651. The zero-order valence-corrected chi connectivity index (χ0v) is 12.0. The number of aromatic carboxylic acids is 1. The van der Waals surface area contributed by atoms with Gasteiger partial charge in [-0.15, -0.1) is 0 Å². The Morgan fingerprint density at radius 2 is 1.95 bits per heavy atom. The van der Waals surface area contributed by atoms with E-state index in [2.05, 4.69) is 5.32 Å². The van der Waals surface area contributed by atoms with Crippen LogP contribution < -0.4 is 5.32 Å². The number of anilines is 1. The first-order valence-corrected chi connectivity index (χ1v) is 6.81. The molecule has 2 N–H and O–H groups in total. The predicted molar refractivity (Wildman–Crippen MR) is 78.8 cm³/mol. The van der Waals surface area contributed by atoms with E-state index in [-0.39, 0.29) is 17.2 Å². The SMILES string of the molecule is CCc1cc(C(=O)Nc2cccc(C(=O)O)c2)oc1CC. The smallest absolute Gasteiger partial charge is 0.335 e. The summed E-state index contributed by atoms with van der Waals surface area (Å²) >= 11 is 0. The summed E-state index contributed by atoms with van der Waals surface area (Å²) in [5.41, 5.74) is 1.56. The van der Waals surface area contributed by atoms with Crippen LogP contribution in [-0.2, 0) is 12.8 Å². The van der Waals surface area contributed by atoms with Crippen LogP contribution in [0.25, 0.3) is 0 Å². The lowest BCUT2D eigenvalue weighted by Crippen LogP contribution is -2.11. The fourth-order valence-electron chi connectivity index (χ4n) is 2.10. The van der Waals surface area contributed by atoms with Crippen molar-refractivity contribution in [3.63, 3.8) is 0 Å². The highest BCUT2D eigenvalue weighted by Gasteiger charge is 2.15. The number of carboxylic acid groups (broad SMARTS) is 1. The number of carbonyl (C=O) groups is 2. The third kappa shape index (κ3) is 3.31. The molecule has 21 heavy (non-hydrogen) atoms. The van der Waals surface area contributed by atoms with Gasteiger partial charge in [-0.1, -0.05) is 19.9 Å². The van der Waals surface area contributed by atoms with E-state index in [1.807, 2.05) is 13.8 Å². The molecule has 0 fully saturated rings. The van der Waals surface area contributed by atoms with Gasteiger partial charge in [-0.25, -0.2) is 4.79 Å². The maximum absolute atomic E-state index is 12.1. The van der Waals surface area contributed by atoms with Gasteiger partial charge in [0.25, 0.3) is 5.91 Å². The summed E-state index contributed by atoms with van der Waals surface area (Å²) in [6.45, 7) is 3.97. The molecule has 1 aromatic heterocycles. The van der Waals surface area contributed by atoms with E-state index in [0.717, 1.165) is 24.2 Å². The van der Waals surface area contributed by atoms with Gasteiger partial charge in [0.05, 0.1) is 5.56 Å². The lowest BCUT2D eigenvalue weighted by Gasteiger charge is -2.04. The molecule has 2 aromatic rings. The summed E-state index contributed by atoms with van der Waals surface area (Å²) in [6.07, 6.45) is 1.53. The summed E-state index contributed by atoms with van der Waals surface area (Å²) in [5.74, 6) is -0.371. The third-order valence-electron chi connectivity index (χ3n) is 3.19. The molecule has 0 spiro atoms. The first kappa shape index (κ1) is 14.8. The van der Waals surface area contributed by atoms with Crippen LogP contribution in [0.3, 0.4) is 0 Å². The molecule has 0 aliphatic heterocycles. The molecule has 0 unspecified atom stereocenters. The second-order valence-corrected chi connectivity index (χ2v) is 4.61. The van der Waals surface area contributed by atoms with Gasteiger partial charge < -0.3 is 14.8 Å². The fourth-order valence-corrected chi connectivity index (χ4v) is 2.10. The zero-order valence-electron chi connectivity index (χ0n) is 12.0. The maximum Gasteiger partial charge on any atom is 0.335 e. The molecule has 5 nitrogen and oxygen atoms in total. The van der Waals surface area contributed by atoms with Crippen molar-refractivity contribution in [1.82, 2.24) is 0 Å². The van der Waals surface area contributed by atoms with Crippen LogP contribution in [0.15, 0.2) is 34.7 Å². The number of hydrogen-bond acceptors (Lipinski definition) is 3. The monoisotopic (exact) mass is 287 g/mol. The summed E-state index contributed by atoms with van der Waals surface area (Å²) in [6, 6.07) is 7.82. The molecule has 1 amide bonds. The van der Waals surface area contributed by atoms with Gasteiger partial charge in [-0.3, -0.25) is 4.79 Å². The number of benzene rings is 1. The van der Waals surface area contributed by atoms with Crippen LogP contribution in [0, 0.1) is 0 Å². The van der Waals surface area contributed by atoms with E-state index < -0.39 is 5.97 Å². The molecule has 0 radical (unpaired) electrons. The topological polar surface area (TPSA) is 79.5 Å². The molecular formula is C16H17NO4. The molecule has 0 saturated carbocycles. The number of amides is 1. The Hall–Kier alpha value is -2.56. The number of rotatable bonds is 5. The molecule has 0 aliphatic rings. The summed E-state index contributed by atoms with van der Waals surface area (Å²) < 4.78 is 5.54. The minimum Gasteiger partial charge on any atom is -0.478 e. The van der Waals surface area contributed by atoms with Crippen molar-refractivity contribution in [3.8, 4) is 0 Å². The number of hydrogen-bond donors (Lipinski definition) is 2. The molecule has 2 rings (SSSR count). The standard InChI is InChI=1S/C16H17NO4/c1-3-10-9-14(21-13(10)4-2)15(18)17-12-7-5-6-11(8-12)16(19)20/h5-9H,3-4H2,1-2H3,(H,17,18)(H,19,20). The van der Waals surface area contributed by atoms with E-state index in [1.54, 1.807) is 18.2 Å². The van der Waals surface area contributed by atoms with E-state index in [0.29, 0.717) is 5.69 Å². The number of carboxylic acids is 1. The van der Waals surface area contributed by atoms with Gasteiger partial charge >= 0.3 is 5.97 Å². The molecule has 0 saturated heterocycles. The highest BCUT2D eigenvalue weighted by Crippen LogP contribution is 2.19. The second-order valence-electron chi connectivity index (χ2n) is 4.61. The van der Waals surface area contributed by atoms with Crippen molar-refractivity contribution in [1.29, 1.82) is 0 Å². The lowest BCUT2D eigenvalue weighted by atomic mass is 10.1. The van der Waals surface area contributed by atoms with E-state index in [9.17, 15) is 9.59 Å². The first-order valence-electron chi connectivity index (χ1n) is 6.81. The Labute approximate surface area is 122 Å². The molecule has 0 atom stereocenters. The average Bonchev–Trinajstić information content (AvgIpc) is 2.91. The largest absolute Gasteiger partial charge is 0.478 e. The van der Waals surface area contributed by atoms with Crippen molar-refractivity contribution >= 4 is 17.6 Å². The average molecular weight is 287 g/mol. The molecule has 5 heteroatoms. The van der Waals surface area contributed by atoms with Crippen molar-refractivity contribution in [3.05, 3.63) is 53.0 Å². The van der Waals surface area contributed by atoms with Gasteiger partial charge in [-0.05, 0) is 36.2 Å². The Kier molecular flexibility index (Phi) is 4.42. The Morgan fingerprint density at radius 1 is 1.19 bits per heavy atom. The molecular weight excluding hydrogens is 270 g/mol. The molecule has 1 aromatic carbocycles. The minimum absolute atomic E-state index is 0.121. The zero-order chi connectivity index (χ0) is 15.4. The maximum atomic E-state index is 12.1. The minimum atomic E-state index is -1.04. The fraction of sp³-hybridized carbons (Fsp3) is 0.250. The van der Waals surface area contributed by atoms with Crippen LogP contribution >= 0.6 is 0 Å². The third-order valence-corrected chi connectivity index (χ3v) is 3.19. The highest BCUT2D eigenvalue weighted by atomic mass is 16.4. The van der Waals surface area contributed by atoms with Crippen LogP contribution in [0.4, 0.5) is 5.69 Å². The van der Waals surface area contributed by atoms with Gasteiger partial charge in [0, 0.05) is 12.1 Å². The molecule has 0 bridgehead atoms. The quantitative estimate of drug-likeness (QED) is 0.883. The van der Waals surface area contributed by atoms with Gasteiger partial charge in [0.1, 0.15) is 5.76 Å². The van der Waals surface area contributed by atoms with Gasteiger partial charge in [0.15, 0.2) is 5.76 Å². The van der Waals surface area contributed by atoms with Gasteiger partial charge in [0.2, 0.25) is 0 Å². The Morgan fingerprint density at radius 3 is 2.52 bits per heavy atom. The van der Waals surface area contributed by atoms with E-state index >= 15 is 0 Å². The first-order chi connectivity index (χ1) is 10.0. The number of nitrogens with one attached hydrogen (secondary N) is 1. The second kappa shape index (κ2) is 6.26. The molecule has 1 heterocycles. The number of carbonyl (C=O) groups excluding carboxylic acids is 1. The highest BCUT2D eigenvalue weighted by molar-refractivity contribution is 6.03. The van der Waals surface area contributed by atoms with Gasteiger partial charge in [-0.2, -0.15) is 0 Å². The van der Waals surface area contributed by atoms with E-state index in [4.69, 9.17) is 9.52 Å². The summed E-state index contributed by atoms with van der Waals surface area (Å²) in [5, 5.41) is 11.6. The molecule has 0 aliphatic carbocycles. The van der Waals surface area contributed by atoms with Crippen LogP contribution in [0.1, 0.15) is 46.1 Å². The molecule has 110 valence electrons. The summed E-state index contributed by atoms with van der Waals surface area (Å²) in [4.78, 5) is 23.0. The Balaban J connectivity index is 2.19. The van der Waals surface area contributed by atoms with E-state index in [1.165, 1.54) is 12.1 Å². The van der Waals surface area contributed by atoms with Crippen molar-refractivity contribution in [2.24, 2.45) is 0 Å².